The zero-order valence-electron chi connectivity index (χ0n) is 12.0. The maximum Gasteiger partial charge on any atom is 0.248 e. The van der Waals surface area contributed by atoms with Crippen molar-refractivity contribution in [3.63, 3.8) is 0 Å². The van der Waals surface area contributed by atoms with Crippen molar-refractivity contribution in [3.05, 3.63) is 52.8 Å². The summed E-state index contributed by atoms with van der Waals surface area (Å²) in [6.45, 7) is 1.74. The van der Waals surface area contributed by atoms with E-state index < -0.39 is 11.7 Å². The molecular formula is C15H11ClFN5O. The van der Waals surface area contributed by atoms with Gasteiger partial charge in [0.2, 0.25) is 5.91 Å². The second kappa shape index (κ2) is 6.13. The van der Waals surface area contributed by atoms with Crippen molar-refractivity contribution >= 4 is 40.3 Å². The molecule has 0 aliphatic rings. The molecule has 1 amide bonds. The molecule has 0 saturated heterocycles. The summed E-state index contributed by atoms with van der Waals surface area (Å²) in [5, 5.41) is 10.0. The van der Waals surface area contributed by atoms with Crippen molar-refractivity contribution in [1.29, 1.82) is 0 Å². The van der Waals surface area contributed by atoms with Crippen LogP contribution in [0, 0.1) is 12.7 Å². The summed E-state index contributed by atoms with van der Waals surface area (Å²) in [7, 11) is 0. The molecule has 23 heavy (non-hydrogen) atoms. The molecule has 0 aliphatic heterocycles. The van der Waals surface area contributed by atoms with Crippen LogP contribution >= 0.6 is 11.6 Å². The highest BCUT2D eigenvalue weighted by molar-refractivity contribution is 6.30. The van der Waals surface area contributed by atoms with Gasteiger partial charge in [0, 0.05) is 17.7 Å². The number of aromatic amines is 1. The lowest BCUT2D eigenvalue weighted by atomic mass is 10.2. The summed E-state index contributed by atoms with van der Waals surface area (Å²) in [6, 6.07) is 2.89. The van der Waals surface area contributed by atoms with Gasteiger partial charge in [-0.15, -0.1) is 0 Å². The highest BCUT2D eigenvalue weighted by Crippen LogP contribution is 2.18. The second-order valence-corrected chi connectivity index (χ2v) is 5.21. The third-order valence-corrected chi connectivity index (χ3v) is 3.32. The number of aromatic nitrogens is 4. The Labute approximate surface area is 135 Å². The van der Waals surface area contributed by atoms with Gasteiger partial charge in [0.05, 0.1) is 22.6 Å². The number of fused-ring (bicyclic) bond motifs is 1. The molecule has 3 aromatic rings. The van der Waals surface area contributed by atoms with Crippen molar-refractivity contribution in [3.8, 4) is 0 Å². The number of rotatable bonds is 3. The number of halogens is 2. The number of amides is 1. The topological polar surface area (TPSA) is 83.6 Å². The number of hydrogen-bond donors (Lipinski definition) is 2. The van der Waals surface area contributed by atoms with Crippen LogP contribution in [-0.2, 0) is 4.79 Å². The highest BCUT2D eigenvalue weighted by atomic mass is 35.5. The number of anilines is 1. The summed E-state index contributed by atoms with van der Waals surface area (Å²) in [5.74, 6) is -0.980. The molecular weight excluding hydrogens is 321 g/mol. The lowest BCUT2D eigenvalue weighted by Crippen LogP contribution is -2.09. The number of nitrogens with zero attached hydrogens (tertiary/aromatic N) is 3. The second-order valence-electron chi connectivity index (χ2n) is 4.77. The Balaban J connectivity index is 1.79. The average molecular weight is 332 g/mol. The minimum absolute atomic E-state index is 0.0397. The Morgan fingerprint density at radius 1 is 1.39 bits per heavy atom. The molecule has 0 spiro atoms. The molecule has 0 unspecified atom stereocenters. The predicted molar refractivity (Wildman–Crippen MR) is 85.5 cm³/mol. The van der Waals surface area contributed by atoms with E-state index in [9.17, 15) is 9.18 Å². The maximum atomic E-state index is 13.9. The molecule has 3 heterocycles. The van der Waals surface area contributed by atoms with Crippen LogP contribution in [0.25, 0.3) is 17.1 Å². The van der Waals surface area contributed by atoms with E-state index in [2.05, 4.69) is 25.5 Å². The van der Waals surface area contributed by atoms with Crippen LogP contribution < -0.4 is 5.32 Å². The molecule has 0 aromatic carbocycles. The van der Waals surface area contributed by atoms with Gasteiger partial charge in [-0.1, -0.05) is 11.6 Å². The average Bonchev–Trinajstić information content (AvgIpc) is 2.95. The molecule has 0 atom stereocenters. The fraction of sp³-hybridized carbons (Fsp3) is 0.0667. The van der Waals surface area contributed by atoms with Crippen molar-refractivity contribution in [2.24, 2.45) is 0 Å². The van der Waals surface area contributed by atoms with Gasteiger partial charge >= 0.3 is 0 Å². The zero-order chi connectivity index (χ0) is 16.4. The first-order chi connectivity index (χ1) is 11.0. The van der Waals surface area contributed by atoms with Crippen LogP contribution in [0.1, 0.15) is 11.4 Å². The fourth-order valence-corrected chi connectivity index (χ4v) is 2.11. The molecule has 0 aliphatic carbocycles. The van der Waals surface area contributed by atoms with Crippen molar-refractivity contribution in [2.45, 2.75) is 6.92 Å². The Bertz CT molecular complexity index is 921. The van der Waals surface area contributed by atoms with E-state index in [4.69, 9.17) is 11.6 Å². The lowest BCUT2D eigenvalue weighted by molar-refractivity contribution is -0.111. The quantitative estimate of drug-likeness (QED) is 0.722. The molecule has 0 fully saturated rings. The summed E-state index contributed by atoms with van der Waals surface area (Å²) < 4.78 is 13.9. The summed E-state index contributed by atoms with van der Waals surface area (Å²) in [4.78, 5) is 20.0. The van der Waals surface area contributed by atoms with Gasteiger partial charge in [-0.2, -0.15) is 5.10 Å². The van der Waals surface area contributed by atoms with Crippen LogP contribution in [0.2, 0.25) is 5.02 Å². The molecule has 2 N–H and O–H groups in total. The van der Waals surface area contributed by atoms with Gasteiger partial charge in [0.25, 0.3) is 0 Å². The van der Waals surface area contributed by atoms with E-state index in [0.29, 0.717) is 27.4 Å². The third-order valence-electron chi connectivity index (χ3n) is 3.11. The van der Waals surface area contributed by atoms with Crippen LogP contribution in [0.3, 0.4) is 0 Å². The van der Waals surface area contributed by atoms with Crippen LogP contribution in [0.5, 0.6) is 0 Å². The minimum Gasteiger partial charge on any atom is -0.321 e. The predicted octanol–water partition coefficient (Wildman–Crippen LogP) is 3.11. The Morgan fingerprint density at radius 3 is 3.04 bits per heavy atom. The van der Waals surface area contributed by atoms with E-state index in [1.54, 1.807) is 13.0 Å². The largest absolute Gasteiger partial charge is 0.321 e. The highest BCUT2D eigenvalue weighted by Gasteiger charge is 2.07. The van der Waals surface area contributed by atoms with Crippen molar-refractivity contribution in [1.82, 2.24) is 20.2 Å². The number of carbonyl (C=O) groups is 1. The smallest absolute Gasteiger partial charge is 0.248 e. The monoisotopic (exact) mass is 331 g/mol. The van der Waals surface area contributed by atoms with E-state index in [1.807, 2.05) is 0 Å². The fourth-order valence-electron chi connectivity index (χ4n) is 1.95. The summed E-state index contributed by atoms with van der Waals surface area (Å²) >= 11 is 5.84. The Morgan fingerprint density at radius 2 is 2.22 bits per heavy atom. The molecule has 0 saturated carbocycles. The first kappa shape index (κ1) is 15.1. The van der Waals surface area contributed by atoms with Gasteiger partial charge in [0.15, 0.2) is 5.65 Å². The van der Waals surface area contributed by atoms with E-state index in [-0.39, 0.29) is 5.69 Å². The molecule has 3 aromatic heterocycles. The molecule has 6 nitrogen and oxygen atoms in total. The van der Waals surface area contributed by atoms with Gasteiger partial charge in [-0.3, -0.25) is 14.9 Å². The van der Waals surface area contributed by atoms with Crippen molar-refractivity contribution < 1.29 is 9.18 Å². The first-order valence-corrected chi connectivity index (χ1v) is 7.01. The number of pyridine rings is 2. The van der Waals surface area contributed by atoms with E-state index in [1.165, 1.54) is 30.6 Å². The van der Waals surface area contributed by atoms with Gasteiger partial charge < -0.3 is 5.32 Å². The van der Waals surface area contributed by atoms with Gasteiger partial charge in [-0.05, 0) is 25.1 Å². The van der Waals surface area contributed by atoms with Crippen LogP contribution in [0.15, 0.2) is 30.6 Å². The first-order valence-electron chi connectivity index (χ1n) is 6.64. The normalized spacial score (nSPS) is 11.3. The molecule has 8 heteroatoms. The van der Waals surface area contributed by atoms with Gasteiger partial charge in [-0.25, -0.2) is 9.37 Å². The Kier molecular flexibility index (Phi) is 4.03. The number of aryl methyl sites for hydroxylation is 1. The zero-order valence-corrected chi connectivity index (χ0v) is 12.7. The third kappa shape index (κ3) is 3.35. The molecule has 0 bridgehead atoms. The Hall–Kier alpha value is -2.80. The standard InChI is InChI=1S/C15H11ClFN5O/c1-8-13(5-10(16)7-18-8)20-14(23)3-2-12-11(17)4-9-6-19-22-15(9)21-12/h2-7H,1H3,(H,20,23)(H,19,21,22)/b3-2+. The summed E-state index contributed by atoms with van der Waals surface area (Å²) in [5.41, 5.74) is 1.60. The molecule has 116 valence electrons. The van der Waals surface area contributed by atoms with Gasteiger partial charge in [0.1, 0.15) is 11.5 Å². The number of hydrogen-bond acceptors (Lipinski definition) is 4. The molecule has 0 radical (unpaired) electrons. The lowest BCUT2D eigenvalue weighted by Gasteiger charge is -2.05. The maximum absolute atomic E-state index is 13.9. The number of carbonyl (C=O) groups excluding carboxylic acids is 1. The minimum atomic E-state index is -0.538. The number of nitrogens with one attached hydrogen (secondary N) is 2. The van der Waals surface area contributed by atoms with E-state index in [0.717, 1.165) is 0 Å². The van der Waals surface area contributed by atoms with E-state index >= 15 is 0 Å². The van der Waals surface area contributed by atoms with Crippen LogP contribution in [0.4, 0.5) is 10.1 Å². The van der Waals surface area contributed by atoms with Crippen LogP contribution in [-0.4, -0.2) is 26.1 Å². The van der Waals surface area contributed by atoms with Crippen molar-refractivity contribution in [2.75, 3.05) is 5.32 Å². The summed E-state index contributed by atoms with van der Waals surface area (Å²) in [6.07, 6.45) is 5.44. The molecule has 3 rings (SSSR count). The number of H-pyrrole nitrogens is 1. The SMILES string of the molecule is Cc1ncc(Cl)cc1NC(=O)/C=C/c1nc2[nH]ncc2cc1F.